The molecule has 1 N–H and O–H groups in total. The van der Waals surface area contributed by atoms with Gasteiger partial charge in [0.2, 0.25) is 0 Å². The summed E-state index contributed by atoms with van der Waals surface area (Å²) in [4.78, 5) is 0. The fraction of sp³-hybridized carbons (Fsp3) is 0.692. The van der Waals surface area contributed by atoms with Gasteiger partial charge in [-0.2, -0.15) is 0 Å². The normalized spacial score (nSPS) is 11.3. The van der Waals surface area contributed by atoms with E-state index < -0.39 is 0 Å². The lowest BCUT2D eigenvalue weighted by atomic mass is 10.2. The van der Waals surface area contributed by atoms with E-state index in [1.165, 1.54) is 0 Å². The van der Waals surface area contributed by atoms with E-state index in [-0.39, 0.29) is 6.10 Å². The molecule has 0 aliphatic carbocycles. The summed E-state index contributed by atoms with van der Waals surface area (Å²) in [5.74, 6) is 0.955. The highest BCUT2D eigenvalue weighted by molar-refractivity contribution is 5.15. The van der Waals surface area contributed by atoms with Gasteiger partial charge in [-0.1, -0.05) is 6.92 Å². The molecule has 1 aromatic rings. The summed E-state index contributed by atoms with van der Waals surface area (Å²) in [5, 5.41) is 3.23. The van der Waals surface area contributed by atoms with E-state index in [0.717, 1.165) is 24.4 Å². The zero-order valence-electron chi connectivity index (χ0n) is 11.0. The Balaban J connectivity index is 2.19. The van der Waals surface area contributed by atoms with Gasteiger partial charge in [0.1, 0.15) is 5.76 Å². The van der Waals surface area contributed by atoms with Crippen LogP contribution in [0.2, 0.25) is 0 Å². The fourth-order valence-corrected chi connectivity index (χ4v) is 1.41. The standard InChI is InChI=1S/C13H23NO3/c1-4-14-9-13-12(5-6-17-13)10-15-7-8-16-11(2)3/h5-6,11,14H,4,7-10H2,1-3H3. The topological polar surface area (TPSA) is 43.6 Å². The van der Waals surface area contributed by atoms with Gasteiger partial charge in [-0.25, -0.2) is 0 Å². The Hall–Kier alpha value is -0.840. The van der Waals surface area contributed by atoms with Crippen molar-refractivity contribution in [1.82, 2.24) is 5.32 Å². The van der Waals surface area contributed by atoms with Crippen molar-refractivity contribution in [3.05, 3.63) is 23.7 Å². The average Bonchev–Trinajstić information content (AvgIpc) is 2.73. The van der Waals surface area contributed by atoms with Crippen molar-refractivity contribution in [2.24, 2.45) is 0 Å². The van der Waals surface area contributed by atoms with E-state index in [9.17, 15) is 0 Å². The maximum Gasteiger partial charge on any atom is 0.123 e. The minimum Gasteiger partial charge on any atom is -0.468 e. The number of ether oxygens (including phenoxy) is 2. The van der Waals surface area contributed by atoms with Crippen molar-refractivity contribution < 1.29 is 13.9 Å². The lowest BCUT2D eigenvalue weighted by Crippen LogP contribution is -2.13. The number of hydrogen-bond donors (Lipinski definition) is 1. The van der Waals surface area contributed by atoms with Crippen molar-refractivity contribution in [2.75, 3.05) is 19.8 Å². The van der Waals surface area contributed by atoms with Crippen LogP contribution in [0.25, 0.3) is 0 Å². The lowest BCUT2D eigenvalue weighted by Gasteiger charge is -2.08. The van der Waals surface area contributed by atoms with Crippen LogP contribution in [-0.4, -0.2) is 25.9 Å². The zero-order valence-corrected chi connectivity index (χ0v) is 11.0. The number of rotatable bonds is 9. The largest absolute Gasteiger partial charge is 0.468 e. The molecule has 0 aromatic carbocycles. The van der Waals surface area contributed by atoms with Crippen molar-refractivity contribution in [2.45, 2.75) is 40.0 Å². The molecule has 1 aromatic heterocycles. The Labute approximate surface area is 103 Å². The fourth-order valence-electron chi connectivity index (χ4n) is 1.41. The van der Waals surface area contributed by atoms with Crippen LogP contribution in [-0.2, 0) is 22.6 Å². The first-order chi connectivity index (χ1) is 8.24. The summed E-state index contributed by atoms with van der Waals surface area (Å²) >= 11 is 0. The quantitative estimate of drug-likeness (QED) is 0.674. The van der Waals surface area contributed by atoms with Crippen LogP contribution >= 0.6 is 0 Å². The van der Waals surface area contributed by atoms with Gasteiger partial charge in [0, 0.05) is 5.56 Å². The molecule has 0 bridgehead atoms. The first-order valence-electron chi connectivity index (χ1n) is 6.19. The van der Waals surface area contributed by atoms with Crippen LogP contribution in [0.3, 0.4) is 0 Å². The Bertz CT molecular complexity index is 297. The van der Waals surface area contributed by atoms with Crippen LogP contribution in [0.5, 0.6) is 0 Å². The van der Waals surface area contributed by atoms with E-state index >= 15 is 0 Å². The first-order valence-corrected chi connectivity index (χ1v) is 6.19. The van der Waals surface area contributed by atoms with Gasteiger partial charge in [0.05, 0.1) is 38.7 Å². The minimum atomic E-state index is 0.261. The Kier molecular flexibility index (Phi) is 6.93. The molecule has 4 nitrogen and oxygen atoms in total. The van der Waals surface area contributed by atoms with E-state index in [2.05, 4.69) is 12.2 Å². The number of nitrogens with one attached hydrogen (secondary N) is 1. The summed E-state index contributed by atoms with van der Waals surface area (Å²) in [6.07, 6.45) is 1.97. The zero-order chi connectivity index (χ0) is 12.5. The molecule has 0 saturated carbocycles. The van der Waals surface area contributed by atoms with Crippen molar-refractivity contribution in [3.63, 3.8) is 0 Å². The molecule has 0 atom stereocenters. The Morgan fingerprint density at radius 3 is 2.88 bits per heavy atom. The molecule has 0 spiro atoms. The monoisotopic (exact) mass is 241 g/mol. The van der Waals surface area contributed by atoms with E-state index in [4.69, 9.17) is 13.9 Å². The summed E-state index contributed by atoms with van der Waals surface area (Å²) in [7, 11) is 0. The lowest BCUT2D eigenvalue weighted by molar-refractivity contribution is 0.0139. The van der Waals surface area contributed by atoms with E-state index in [0.29, 0.717) is 19.8 Å². The molecule has 0 amide bonds. The molecule has 1 heterocycles. The molecule has 0 aliphatic rings. The van der Waals surface area contributed by atoms with Gasteiger partial charge in [0.15, 0.2) is 0 Å². The number of furan rings is 1. The molecular weight excluding hydrogens is 218 g/mol. The average molecular weight is 241 g/mol. The second kappa shape index (κ2) is 8.28. The second-order valence-corrected chi connectivity index (χ2v) is 4.12. The molecule has 17 heavy (non-hydrogen) atoms. The maximum atomic E-state index is 5.54. The van der Waals surface area contributed by atoms with Crippen molar-refractivity contribution in [3.8, 4) is 0 Å². The molecule has 98 valence electrons. The van der Waals surface area contributed by atoms with Crippen LogP contribution in [0.4, 0.5) is 0 Å². The SMILES string of the molecule is CCNCc1occc1COCCOC(C)C. The molecule has 0 aliphatic heterocycles. The van der Waals surface area contributed by atoms with Crippen molar-refractivity contribution in [1.29, 1.82) is 0 Å². The van der Waals surface area contributed by atoms with Gasteiger partial charge in [-0.3, -0.25) is 0 Å². The molecule has 0 radical (unpaired) electrons. The van der Waals surface area contributed by atoms with Gasteiger partial charge < -0.3 is 19.2 Å². The van der Waals surface area contributed by atoms with Crippen LogP contribution in [0.15, 0.2) is 16.7 Å². The first kappa shape index (κ1) is 14.2. The molecule has 0 unspecified atom stereocenters. The highest BCUT2D eigenvalue weighted by Crippen LogP contribution is 2.11. The molecule has 0 saturated heterocycles. The highest BCUT2D eigenvalue weighted by Gasteiger charge is 2.05. The predicted octanol–water partition coefficient (Wildman–Crippen LogP) is 2.33. The molecule has 0 fully saturated rings. The summed E-state index contributed by atoms with van der Waals surface area (Å²) in [6, 6.07) is 1.95. The Morgan fingerprint density at radius 1 is 1.35 bits per heavy atom. The third-order valence-electron chi connectivity index (χ3n) is 2.31. The van der Waals surface area contributed by atoms with Gasteiger partial charge in [-0.05, 0) is 26.5 Å². The second-order valence-electron chi connectivity index (χ2n) is 4.12. The Morgan fingerprint density at radius 2 is 2.18 bits per heavy atom. The summed E-state index contributed by atoms with van der Waals surface area (Å²) in [5.41, 5.74) is 1.11. The summed E-state index contributed by atoms with van der Waals surface area (Å²) in [6.45, 7) is 9.63. The van der Waals surface area contributed by atoms with Crippen LogP contribution < -0.4 is 5.32 Å². The maximum absolute atomic E-state index is 5.54. The smallest absolute Gasteiger partial charge is 0.123 e. The predicted molar refractivity (Wildman–Crippen MR) is 66.8 cm³/mol. The van der Waals surface area contributed by atoms with Crippen LogP contribution in [0, 0.1) is 0 Å². The van der Waals surface area contributed by atoms with Crippen LogP contribution in [0.1, 0.15) is 32.1 Å². The van der Waals surface area contributed by atoms with Crippen molar-refractivity contribution >= 4 is 0 Å². The third-order valence-corrected chi connectivity index (χ3v) is 2.31. The van der Waals surface area contributed by atoms with Gasteiger partial charge >= 0.3 is 0 Å². The van der Waals surface area contributed by atoms with E-state index in [1.807, 2.05) is 19.9 Å². The number of hydrogen-bond acceptors (Lipinski definition) is 4. The molecule has 4 heteroatoms. The van der Waals surface area contributed by atoms with E-state index in [1.54, 1.807) is 6.26 Å². The van der Waals surface area contributed by atoms with Gasteiger partial charge in [-0.15, -0.1) is 0 Å². The van der Waals surface area contributed by atoms with Gasteiger partial charge in [0.25, 0.3) is 0 Å². The summed E-state index contributed by atoms with van der Waals surface area (Å²) < 4.78 is 16.3. The molecule has 1 rings (SSSR count). The molecular formula is C13H23NO3. The third kappa shape index (κ3) is 5.86. The minimum absolute atomic E-state index is 0.261. The highest BCUT2D eigenvalue weighted by atomic mass is 16.5.